The first-order valence-electron chi connectivity index (χ1n) is 26.4. The molecule has 0 fully saturated rings. The average molecular weight is 944 g/mol. The van der Waals surface area contributed by atoms with E-state index in [4.69, 9.17) is 30.3 Å². The maximum absolute atomic E-state index is 9.80. The van der Waals surface area contributed by atoms with Gasteiger partial charge in [-0.2, -0.15) is 0 Å². The second kappa shape index (κ2) is 44.8. The van der Waals surface area contributed by atoms with E-state index in [1.165, 1.54) is 0 Å². The molecule has 4 atom stereocenters. The van der Waals surface area contributed by atoms with Gasteiger partial charge in [0.25, 0.3) is 0 Å². The smallest absolute Gasteiger partial charge is 0.0645 e. The maximum Gasteiger partial charge on any atom is 0.0645 e. The Balaban J connectivity index is -0.000000121. The molecule has 0 amide bonds. The van der Waals surface area contributed by atoms with Gasteiger partial charge < -0.3 is 45.6 Å². The summed E-state index contributed by atoms with van der Waals surface area (Å²) in [6, 6.07) is 0. The monoisotopic (exact) mass is 943 g/mol. The number of hydrogen-bond donors (Lipinski definition) is 8. The minimum Gasteiger partial charge on any atom is -0.396 e. The number of rotatable bonds is 25. The molecule has 0 rings (SSSR count). The zero-order valence-corrected chi connectivity index (χ0v) is 48.7. The standard InChI is InChI=1S/C10H22O2.C9H20O.2C8H18O.C7H16O2.2C7H16O/c1-5-10(6-2,7-11)8-12-9(3)4;1-5-9(10,6-2)7-8(3)4;1-5-8(4,6-9)7(2)3;1-5-8(4,9)6-7(2)3;1-6(2)7(3,4-8)5-9;1-4-7(5-8)6(2)3;1-4-7(8)5-6(2)3/h9,11H,5-8H2,1-4H3;8,10H,5-7H2,1-4H3;2*7,9H,5-6H2,1-4H3;6,8-9H,4-5H2,1-3H3;2*6-8H,4-5H2,1-3H3. The minimum atomic E-state index is -0.436. The van der Waals surface area contributed by atoms with E-state index in [1.807, 2.05) is 69.2 Å². The van der Waals surface area contributed by atoms with Crippen LogP contribution in [0.4, 0.5) is 0 Å². The van der Waals surface area contributed by atoms with Gasteiger partial charge in [0.2, 0.25) is 0 Å². The van der Waals surface area contributed by atoms with Gasteiger partial charge >= 0.3 is 0 Å². The lowest BCUT2D eigenvalue weighted by atomic mass is 9.78. The van der Waals surface area contributed by atoms with E-state index in [9.17, 15) is 15.3 Å². The molecule has 8 N–H and O–H groups in total. The molecule has 0 radical (unpaired) electrons. The lowest BCUT2D eigenvalue weighted by molar-refractivity contribution is -0.0243. The van der Waals surface area contributed by atoms with Crippen LogP contribution in [0.2, 0.25) is 0 Å². The fraction of sp³-hybridized carbons (Fsp3) is 1.00. The Hall–Kier alpha value is -0.360. The molecule has 65 heavy (non-hydrogen) atoms. The van der Waals surface area contributed by atoms with Crippen LogP contribution in [0.1, 0.15) is 244 Å². The molecule has 0 aromatic carbocycles. The third kappa shape index (κ3) is 47.1. The van der Waals surface area contributed by atoms with Crippen molar-refractivity contribution in [1.82, 2.24) is 0 Å². The second-order valence-corrected chi connectivity index (χ2v) is 22.4. The molecular weight excluding hydrogens is 817 g/mol. The molecule has 0 aliphatic heterocycles. The Morgan fingerprint density at radius 3 is 0.954 bits per heavy atom. The van der Waals surface area contributed by atoms with Gasteiger partial charge in [0.05, 0.1) is 49.8 Å². The lowest BCUT2D eigenvalue weighted by Crippen LogP contribution is -2.31. The largest absolute Gasteiger partial charge is 0.396 e. The van der Waals surface area contributed by atoms with Crippen molar-refractivity contribution in [3.63, 3.8) is 0 Å². The highest BCUT2D eigenvalue weighted by Crippen LogP contribution is 2.30. The van der Waals surface area contributed by atoms with E-state index in [-0.39, 0.29) is 48.3 Å². The van der Waals surface area contributed by atoms with E-state index in [0.717, 1.165) is 70.6 Å². The maximum atomic E-state index is 9.80. The van der Waals surface area contributed by atoms with Crippen LogP contribution in [-0.2, 0) is 4.74 Å². The van der Waals surface area contributed by atoms with Crippen LogP contribution in [0.15, 0.2) is 0 Å². The highest BCUT2D eigenvalue weighted by atomic mass is 16.5. The highest BCUT2D eigenvalue weighted by molar-refractivity contribution is 4.77. The summed E-state index contributed by atoms with van der Waals surface area (Å²) in [4.78, 5) is 0. The van der Waals surface area contributed by atoms with Gasteiger partial charge in [-0.1, -0.05) is 159 Å². The number of hydrogen-bond acceptors (Lipinski definition) is 9. The van der Waals surface area contributed by atoms with Crippen molar-refractivity contribution >= 4 is 0 Å². The van der Waals surface area contributed by atoms with Crippen LogP contribution < -0.4 is 0 Å². The zero-order chi connectivity index (χ0) is 53.4. The SMILES string of the molecule is CC(C)C(C)(CO)CO.CCC(C)(CO)C(C)C.CCC(C)(O)CC(C)C.CCC(CC)(CO)COC(C)C.CCC(CO)C(C)C.CCC(O)(CC)CC(C)C.CCC(O)CC(C)C. The van der Waals surface area contributed by atoms with Crippen LogP contribution in [-0.4, -0.2) is 104 Å². The van der Waals surface area contributed by atoms with Crippen molar-refractivity contribution in [2.45, 2.75) is 267 Å². The first-order chi connectivity index (χ1) is 29.6. The summed E-state index contributed by atoms with van der Waals surface area (Å²) in [5, 5.41) is 72.8. The summed E-state index contributed by atoms with van der Waals surface area (Å²) in [6.07, 6.45) is 10.6. The summed E-state index contributed by atoms with van der Waals surface area (Å²) in [6.45, 7) is 53.5. The van der Waals surface area contributed by atoms with E-state index in [2.05, 4.69) is 104 Å². The second-order valence-electron chi connectivity index (χ2n) is 22.4. The van der Waals surface area contributed by atoms with Gasteiger partial charge in [-0.3, -0.25) is 0 Å². The van der Waals surface area contributed by atoms with E-state index >= 15 is 0 Å². The molecule has 0 saturated carbocycles. The summed E-state index contributed by atoms with van der Waals surface area (Å²) in [5.41, 5.74) is -1.01. The molecule has 0 aliphatic carbocycles. The molecule has 0 saturated heterocycles. The molecule has 404 valence electrons. The third-order valence-corrected chi connectivity index (χ3v) is 13.9. The zero-order valence-electron chi connectivity index (χ0n) is 48.7. The topological polar surface area (TPSA) is 171 Å². The van der Waals surface area contributed by atoms with E-state index < -0.39 is 11.2 Å². The van der Waals surface area contributed by atoms with E-state index in [1.54, 1.807) is 0 Å². The molecule has 0 aromatic rings. The summed E-state index contributed by atoms with van der Waals surface area (Å²) < 4.78 is 5.52. The molecule has 4 unspecified atom stereocenters. The Bertz CT molecular complexity index is 896. The number of aliphatic hydroxyl groups excluding tert-OH is 6. The van der Waals surface area contributed by atoms with Crippen LogP contribution in [0, 0.1) is 57.7 Å². The molecular formula is C56H126O9. The van der Waals surface area contributed by atoms with Crippen LogP contribution in [0.3, 0.4) is 0 Å². The average Bonchev–Trinajstić information content (AvgIpc) is 3.24. The Morgan fingerprint density at radius 1 is 0.462 bits per heavy atom. The normalized spacial score (nSPS) is 14.6. The predicted molar refractivity (Wildman–Crippen MR) is 285 cm³/mol. The third-order valence-electron chi connectivity index (χ3n) is 13.9. The summed E-state index contributed by atoms with van der Waals surface area (Å²) in [5.74, 6) is 3.87. The Kier molecular flexibility index (Phi) is 54.3. The highest BCUT2D eigenvalue weighted by Gasteiger charge is 2.27. The molecule has 0 spiro atoms. The molecule has 0 aliphatic rings. The van der Waals surface area contributed by atoms with Crippen molar-refractivity contribution < 1.29 is 45.6 Å². The van der Waals surface area contributed by atoms with Crippen LogP contribution in [0.25, 0.3) is 0 Å². The molecule has 0 bridgehead atoms. The first-order valence-corrected chi connectivity index (χ1v) is 26.4. The van der Waals surface area contributed by atoms with Crippen LogP contribution in [0.5, 0.6) is 0 Å². The summed E-state index contributed by atoms with van der Waals surface area (Å²) >= 11 is 0. The molecule has 9 heteroatoms. The Morgan fingerprint density at radius 2 is 0.862 bits per heavy atom. The van der Waals surface area contributed by atoms with Gasteiger partial charge in [0.15, 0.2) is 0 Å². The van der Waals surface area contributed by atoms with Gasteiger partial charge in [0.1, 0.15) is 0 Å². The van der Waals surface area contributed by atoms with Crippen molar-refractivity contribution in [1.29, 1.82) is 0 Å². The fourth-order valence-electron chi connectivity index (χ4n) is 6.03. The van der Waals surface area contributed by atoms with Gasteiger partial charge in [-0.05, 0) is 132 Å². The predicted octanol–water partition coefficient (Wildman–Crippen LogP) is 13.1. The van der Waals surface area contributed by atoms with Crippen molar-refractivity contribution in [3.8, 4) is 0 Å². The minimum absolute atomic E-state index is 0.00965. The fourth-order valence-corrected chi connectivity index (χ4v) is 6.03. The van der Waals surface area contributed by atoms with E-state index in [0.29, 0.717) is 61.2 Å². The lowest BCUT2D eigenvalue weighted by Gasteiger charge is -2.29. The van der Waals surface area contributed by atoms with Gasteiger partial charge in [-0.25, -0.2) is 0 Å². The molecule has 9 nitrogen and oxygen atoms in total. The van der Waals surface area contributed by atoms with Gasteiger partial charge in [-0.15, -0.1) is 0 Å². The number of aliphatic hydroxyl groups is 8. The van der Waals surface area contributed by atoms with Crippen LogP contribution >= 0.6 is 0 Å². The quantitative estimate of drug-likeness (QED) is 0.0444. The molecule has 0 heterocycles. The van der Waals surface area contributed by atoms with Crippen molar-refractivity contribution in [2.75, 3.05) is 39.6 Å². The van der Waals surface area contributed by atoms with Gasteiger partial charge in [0, 0.05) is 24.0 Å². The number of ether oxygens (including phenoxy) is 1. The van der Waals surface area contributed by atoms with Crippen molar-refractivity contribution in [2.24, 2.45) is 57.7 Å². The van der Waals surface area contributed by atoms with Crippen molar-refractivity contribution in [3.05, 3.63) is 0 Å². The first kappa shape index (κ1) is 78.8. The summed E-state index contributed by atoms with van der Waals surface area (Å²) in [7, 11) is 0. The Labute approximate surface area is 408 Å². The molecule has 0 aromatic heterocycles.